The number of ether oxygens (including phenoxy) is 1. The fourth-order valence-electron chi connectivity index (χ4n) is 3.18. The van der Waals surface area contributed by atoms with E-state index < -0.39 is 6.10 Å². The summed E-state index contributed by atoms with van der Waals surface area (Å²) in [5, 5.41) is 2.93. The maximum absolute atomic E-state index is 12.8. The minimum atomic E-state index is -0.595. The third-order valence-electron chi connectivity index (χ3n) is 4.62. The van der Waals surface area contributed by atoms with Crippen molar-refractivity contribution < 1.29 is 14.3 Å². The van der Waals surface area contributed by atoms with E-state index in [1.165, 1.54) is 0 Å². The van der Waals surface area contributed by atoms with Crippen LogP contribution in [0.5, 0.6) is 5.75 Å². The summed E-state index contributed by atoms with van der Waals surface area (Å²) in [5.74, 6) is 0.313. The molecule has 0 aliphatic carbocycles. The van der Waals surface area contributed by atoms with Crippen molar-refractivity contribution in [3.05, 3.63) is 59.1 Å². The van der Waals surface area contributed by atoms with Gasteiger partial charge in [-0.15, -0.1) is 0 Å². The SMILES string of the molecule is C[C@@H](Oc1ccc(Br)cc1)C(=O)N1CCC[C@@H](C(=O)Nc2ccccc2)C1. The van der Waals surface area contributed by atoms with Crippen molar-refractivity contribution in [2.45, 2.75) is 25.9 Å². The van der Waals surface area contributed by atoms with Crippen LogP contribution in [0.3, 0.4) is 0 Å². The summed E-state index contributed by atoms with van der Waals surface area (Å²) in [6.45, 7) is 2.82. The Morgan fingerprint density at radius 3 is 2.56 bits per heavy atom. The molecule has 142 valence electrons. The minimum Gasteiger partial charge on any atom is -0.481 e. The number of hydrogen-bond acceptors (Lipinski definition) is 3. The van der Waals surface area contributed by atoms with Gasteiger partial charge < -0.3 is 15.0 Å². The lowest BCUT2D eigenvalue weighted by Crippen LogP contribution is -2.48. The summed E-state index contributed by atoms with van der Waals surface area (Å²) >= 11 is 3.38. The summed E-state index contributed by atoms with van der Waals surface area (Å²) < 4.78 is 6.72. The summed E-state index contributed by atoms with van der Waals surface area (Å²) in [7, 11) is 0. The molecule has 1 heterocycles. The van der Waals surface area contributed by atoms with E-state index in [1.807, 2.05) is 54.6 Å². The monoisotopic (exact) mass is 430 g/mol. The highest BCUT2D eigenvalue weighted by Crippen LogP contribution is 2.21. The fourth-order valence-corrected chi connectivity index (χ4v) is 3.45. The van der Waals surface area contributed by atoms with Crippen LogP contribution in [0, 0.1) is 5.92 Å². The van der Waals surface area contributed by atoms with E-state index in [2.05, 4.69) is 21.2 Å². The Balaban J connectivity index is 1.57. The molecular formula is C21H23BrN2O3. The standard InChI is InChI=1S/C21H23BrN2O3/c1-15(27-19-11-9-17(22)10-12-19)21(26)24-13-5-6-16(14-24)20(25)23-18-7-3-2-4-8-18/h2-4,7-12,15-16H,5-6,13-14H2,1H3,(H,23,25)/t15-,16-/m1/s1. The molecule has 0 aromatic heterocycles. The summed E-state index contributed by atoms with van der Waals surface area (Å²) in [4.78, 5) is 27.0. The molecule has 0 radical (unpaired) electrons. The minimum absolute atomic E-state index is 0.0415. The van der Waals surface area contributed by atoms with Gasteiger partial charge in [0, 0.05) is 23.2 Å². The first-order chi connectivity index (χ1) is 13.0. The normalized spacial score (nSPS) is 17.9. The maximum Gasteiger partial charge on any atom is 0.263 e. The topological polar surface area (TPSA) is 58.6 Å². The molecule has 2 amide bonds. The van der Waals surface area contributed by atoms with Crippen LogP contribution < -0.4 is 10.1 Å². The average Bonchev–Trinajstić information content (AvgIpc) is 2.70. The van der Waals surface area contributed by atoms with Gasteiger partial charge in [-0.3, -0.25) is 9.59 Å². The Morgan fingerprint density at radius 2 is 1.85 bits per heavy atom. The number of anilines is 1. The first kappa shape index (κ1) is 19.4. The lowest BCUT2D eigenvalue weighted by atomic mass is 9.96. The fraction of sp³-hybridized carbons (Fsp3) is 0.333. The van der Waals surface area contributed by atoms with E-state index in [0.717, 1.165) is 23.0 Å². The molecule has 6 heteroatoms. The van der Waals surface area contributed by atoms with Crippen LogP contribution >= 0.6 is 15.9 Å². The number of halogens is 1. The predicted molar refractivity (Wildman–Crippen MR) is 109 cm³/mol. The third kappa shape index (κ3) is 5.32. The molecule has 1 saturated heterocycles. The van der Waals surface area contributed by atoms with Crippen LogP contribution in [-0.4, -0.2) is 35.9 Å². The first-order valence-electron chi connectivity index (χ1n) is 9.10. The number of amides is 2. The van der Waals surface area contributed by atoms with Gasteiger partial charge in [0.25, 0.3) is 5.91 Å². The number of hydrogen-bond donors (Lipinski definition) is 1. The van der Waals surface area contributed by atoms with E-state index >= 15 is 0 Å². The van der Waals surface area contributed by atoms with Crippen molar-refractivity contribution in [3.63, 3.8) is 0 Å². The number of piperidine rings is 1. The molecule has 2 aromatic carbocycles. The number of nitrogens with one attached hydrogen (secondary N) is 1. The third-order valence-corrected chi connectivity index (χ3v) is 5.15. The molecule has 5 nitrogen and oxygen atoms in total. The molecule has 0 spiro atoms. The second kappa shape index (κ2) is 9.04. The van der Waals surface area contributed by atoms with E-state index in [0.29, 0.717) is 18.8 Å². The highest BCUT2D eigenvalue weighted by Gasteiger charge is 2.31. The molecule has 3 rings (SSSR count). The first-order valence-corrected chi connectivity index (χ1v) is 9.89. The zero-order valence-electron chi connectivity index (χ0n) is 15.2. The Labute approximate surface area is 167 Å². The number of carbonyl (C=O) groups is 2. The van der Waals surface area contributed by atoms with Gasteiger partial charge in [-0.05, 0) is 56.2 Å². The zero-order valence-corrected chi connectivity index (χ0v) is 16.8. The molecule has 2 atom stereocenters. The van der Waals surface area contributed by atoms with Gasteiger partial charge in [-0.25, -0.2) is 0 Å². The molecule has 1 aliphatic heterocycles. The van der Waals surface area contributed by atoms with E-state index in [4.69, 9.17) is 4.74 Å². The van der Waals surface area contributed by atoms with Crippen molar-refractivity contribution in [3.8, 4) is 5.75 Å². The van der Waals surface area contributed by atoms with E-state index in [9.17, 15) is 9.59 Å². The zero-order chi connectivity index (χ0) is 19.2. The van der Waals surface area contributed by atoms with Crippen molar-refractivity contribution in [1.82, 2.24) is 4.90 Å². The van der Waals surface area contributed by atoms with Crippen molar-refractivity contribution in [1.29, 1.82) is 0 Å². The summed E-state index contributed by atoms with van der Waals surface area (Å²) in [6, 6.07) is 16.8. The number of carbonyl (C=O) groups excluding carboxylic acids is 2. The second-order valence-electron chi connectivity index (χ2n) is 6.69. The molecule has 1 N–H and O–H groups in total. The average molecular weight is 431 g/mol. The van der Waals surface area contributed by atoms with Crippen molar-refractivity contribution >= 4 is 33.4 Å². The van der Waals surface area contributed by atoms with Crippen molar-refractivity contribution in [2.24, 2.45) is 5.92 Å². The van der Waals surface area contributed by atoms with Gasteiger partial charge in [0.2, 0.25) is 5.91 Å². The highest BCUT2D eigenvalue weighted by molar-refractivity contribution is 9.10. The lowest BCUT2D eigenvalue weighted by Gasteiger charge is -2.33. The van der Waals surface area contributed by atoms with Gasteiger partial charge in [-0.1, -0.05) is 34.1 Å². The summed E-state index contributed by atoms with van der Waals surface area (Å²) in [5.41, 5.74) is 0.776. The van der Waals surface area contributed by atoms with Crippen LogP contribution in [0.25, 0.3) is 0 Å². The predicted octanol–water partition coefficient (Wildman–Crippen LogP) is 4.09. The Hall–Kier alpha value is -2.34. The van der Waals surface area contributed by atoms with Crippen LogP contribution in [0.15, 0.2) is 59.1 Å². The summed E-state index contributed by atoms with van der Waals surface area (Å²) in [6.07, 6.45) is 0.996. The molecule has 1 fully saturated rings. The van der Waals surface area contributed by atoms with Gasteiger partial charge in [0.1, 0.15) is 5.75 Å². The smallest absolute Gasteiger partial charge is 0.263 e. The molecule has 0 bridgehead atoms. The Morgan fingerprint density at radius 1 is 1.15 bits per heavy atom. The number of benzene rings is 2. The molecule has 1 aliphatic rings. The van der Waals surface area contributed by atoms with Crippen LogP contribution in [0.1, 0.15) is 19.8 Å². The molecular weight excluding hydrogens is 408 g/mol. The second-order valence-corrected chi connectivity index (χ2v) is 7.61. The van der Waals surface area contributed by atoms with Gasteiger partial charge in [0.05, 0.1) is 5.92 Å². The van der Waals surface area contributed by atoms with Crippen LogP contribution in [0.2, 0.25) is 0 Å². The molecule has 0 unspecified atom stereocenters. The van der Waals surface area contributed by atoms with Crippen LogP contribution in [0.4, 0.5) is 5.69 Å². The number of likely N-dealkylation sites (tertiary alicyclic amines) is 1. The highest BCUT2D eigenvalue weighted by atomic mass is 79.9. The number of nitrogens with zero attached hydrogens (tertiary/aromatic N) is 1. The molecule has 2 aromatic rings. The number of para-hydroxylation sites is 1. The van der Waals surface area contributed by atoms with Gasteiger partial charge >= 0.3 is 0 Å². The van der Waals surface area contributed by atoms with Crippen LogP contribution in [-0.2, 0) is 9.59 Å². The molecule has 27 heavy (non-hydrogen) atoms. The van der Waals surface area contributed by atoms with E-state index in [1.54, 1.807) is 11.8 Å². The maximum atomic E-state index is 12.8. The quantitative estimate of drug-likeness (QED) is 0.776. The van der Waals surface area contributed by atoms with Gasteiger partial charge in [0.15, 0.2) is 6.10 Å². The van der Waals surface area contributed by atoms with Gasteiger partial charge in [-0.2, -0.15) is 0 Å². The number of rotatable bonds is 5. The Bertz CT molecular complexity index is 780. The largest absolute Gasteiger partial charge is 0.481 e. The van der Waals surface area contributed by atoms with E-state index in [-0.39, 0.29) is 17.7 Å². The lowest BCUT2D eigenvalue weighted by molar-refractivity contribution is -0.140. The Kier molecular flexibility index (Phi) is 6.50. The van der Waals surface area contributed by atoms with Crippen molar-refractivity contribution in [2.75, 3.05) is 18.4 Å². The molecule has 0 saturated carbocycles.